The van der Waals surface area contributed by atoms with Crippen LogP contribution >= 0.6 is 0 Å². The lowest BCUT2D eigenvalue weighted by Gasteiger charge is -2.15. The van der Waals surface area contributed by atoms with Crippen molar-refractivity contribution in [3.8, 4) is 11.5 Å². The molecule has 0 fully saturated rings. The van der Waals surface area contributed by atoms with Crippen molar-refractivity contribution < 1.29 is 23.3 Å². The average molecular weight is 387 g/mol. The molecule has 0 unspecified atom stereocenters. The summed E-state index contributed by atoms with van der Waals surface area (Å²) < 4.78 is 35.6. The fourth-order valence-electron chi connectivity index (χ4n) is 2.55. The largest absolute Gasteiger partial charge is 0.487 e. The number of methoxy groups -OCH3 is 2. The maximum absolute atomic E-state index is 14.0. The maximum Gasteiger partial charge on any atom is 0.163 e. The van der Waals surface area contributed by atoms with Gasteiger partial charge in [-0.25, -0.2) is 14.4 Å². The molecule has 0 bridgehead atoms. The second-order valence-corrected chi connectivity index (χ2v) is 5.83. The number of hydrogen-bond acceptors (Lipinski definition) is 7. The molecule has 1 aromatic heterocycles. The molecule has 148 valence electrons. The predicted octanol–water partition coefficient (Wildman–Crippen LogP) is 3.56. The van der Waals surface area contributed by atoms with Gasteiger partial charge >= 0.3 is 0 Å². The van der Waals surface area contributed by atoms with Gasteiger partial charge < -0.3 is 24.3 Å². The first-order valence-electron chi connectivity index (χ1n) is 8.76. The number of aromatic nitrogens is 2. The van der Waals surface area contributed by atoms with Crippen molar-refractivity contribution >= 4 is 22.4 Å². The standard InChI is InChI=1S/C20H22FN3O4/c1-25-7-9-27-18-11-14-17(12-19(18)28-10-8-26-2)22-13-23-20(14)24-16-6-4-3-5-15(16)21/h3-6,11-13H,7-10H2,1-2H3,(H,22,23,24). The number of nitrogens with one attached hydrogen (secondary N) is 1. The van der Waals surface area contributed by atoms with Crippen LogP contribution in [0.5, 0.6) is 11.5 Å². The van der Waals surface area contributed by atoms with Crippen LogP contribution in [0.25, 0.3) is 10.9 Å². The molecule has 8 heteroatoms. The number of para-hydroxylation sites is 1. The summed E-state index contributed by atoms with van der Waals surface area (Å²) in [6.45, 7) is 1.60. The Morgan fingerprint density at radius 3 is 2.25 bits per heavy atom. The highest BCUT2D eigenvalue weighted by atomic mass is 19.1. The Morgan fingerprint density at radius 1 is 0.893 bits per heavy atom. The molecule has 0 aliphatic rings. The summed E-state index contributed by atoms with van der Waals surface area (Å²) in [5.41, 5.74) is 0.963. The summed E-state index contributed by atoms with van der Waals surface area (Å²) in [6.07, 6.45) is 1.41. The molecule has 0 saturated carbocycles. The molecule has 0 amide bonds. The molecule has 2 aromatic carbocycles. The second-order valence-electron chi connectivity index (χ2n) is 5.83. The van der Waals surface area contributed by atoms with Gasteiger partial charge in [-0.15, -0.1) is 0 Å². The van der Waals surface area contributed by atoms with Crippen molar-refractivity contribution in [1.29, 1.82) is 0 Å². The highest BCUT2D eigenvalue weighted by molar-refractivity contribution is 5.93. The van der Waals surface area contributed by atoms with Crippen LogP contribution in [0.2, 0.25) is 0 Å². The first-order valence-corrected chi connectivity index (χ1v) is 8.76. The quantitative estimate of drug-likeness (QED) is 0.533. The fraction of sp³-hybridized carbons (Fsp3) is 0.300. The summed E-state index contributed by atoms with van der Waals surface area (Å²) >= 11 is 0. The summed E-state index contributed by atoms with van der Waals surface area (Å²) in [6, 6.07) is 9.94. The van der Waals surface area contributed by atoms with E-state index in [1.54, 1.807) is 44.6 Å². The molecule has 3 rings (SSSR count). The van der Waals surface area contributed by atoms with Crippen LogP contribution in [0.15, 0.2) is 42.7 Å². The Labute approximate surface area is 162 Å². The van der Waals surface area contributed by atoms with E-state index in [-0.39, 0.29) is 5.82 Å². The van der Waals surface area contributed by atoms with Crippen molar-refractivity contribution in [3.63, 3.8) is 0 Å². The minimum atomic E-state index is -0.370. The molecule has 28 heavy (non-hydrogen) atoms. The average Bonchev–Trinajstić information content (AvgIpc) is 2.70. The lowest BCUT2D eigenvalue weighted by molar-refractivity contribution is 0.132. The molecular formula is C20H22FN3O4. The van der Waals surface area contributed by atoms with Gasteiger partial charge in [0.05, 0.1) is 24.4 Å². The summed E-state index contributed by atoms with van der Waals surface area (Å²) in [5.74, 6) is 1.16. The molecule has 1 N–H and O–H groups in total. The van der Waals surface area contributed by atoms with Crippen molar-refractivity contribution in [1.82, 2.24) is 9.97 Å². The van der Waals surface area contributed by atoms with E-state index >= 15 is 0 Å². The van der Waals surface area contributed by atoms with Crippen LogP contribution in [0, 0.1) is 5.82 Å². The molecule has 0 aliphatic heterocycles. The number of rotatable bonds is 10. The lowest BCUT2D eigenvalue weighted by Crippen LogP contribution is -2.09. The number of fused-ring (bicyclic) bond motifs is 1. The molecule has 7 nitrogen and oxygen atoms in total. The zero-order valence-electron chi connectivity index (χ0n) is 15.8. The first-order chi connectivity index (χ1) is 13.7. The van der Waals surface area contributed by atoms with Gasteiger partial charge in [0.15, 0.2) is 11.5 Å². The molecule has 0 atom stereocenters. The number of halogens is 1. The Kier molecular flexibility index (Phi) is 6.94. The van der Waals surface area contributed by atoms with E-state index in [1.165, 1.54) is 12.4 Å². The van der Waals surface area contributed by atoms with Crippen molar-refractivity contribution in [2.75, 3.05) is 46.0 Å². The van der Waals surface area contributed by atoms with E-state index in [2.05, 4.69) is 15.3 Å². The van der Waals surface area contributed by atoms with E-state index in [9.17, 15) is 4.39 Å². The predicted molar refractivity (Wildman–Crippen MR) is 104 cm³/mol. The molecule has 0 radical (unpaired) electrons. The third kappa shape index (κ3) is 4.85. The molecule has 0 spiro atoms. The van der Waals surface area contributed by atoms with Gasteiger partial charge in [0.1, 0.15) is 31.2 Å². The van der Waals surface area contributed by atoms with E-state index in [1.807, 2.05) is 0 Å². The maximum atomic E-state index is 14.0. The zero-order chi connectivity index (χ0) is 19.8. The van der Waals surface area contributed by atoms with Crippen molar-refractivity contribution in [2.24, 2.45) is 0 Å². The van der Waals surface area contributed by atoms with E-state index in [4.69, 9.17) is 18.9 Å². The SMILES string of the molecule is COCCOc1cc2ncnc(Nc3ccccc3F)c2cc1OCCOC. The minimum Gasteiger partial charge on any atom is -0.487 e. The highest BCUT2D eigenvalue weighted by Crippen LogP contribution is 2.35. The van der Waals surface area contributed by atoms with Gasteiger partial charge in [0, 0.05) is 25.7 Å². The van der Waals surface area contributed by atoms with Crippen LogP contribution in [-0.4, -0.2) is 50.6 Å². The third-order valence-electron chi connectivity index (χ3n) is 3.92. The Bertz CT molecular complexity index is 923. The van der Waals surface area contributed by atoms with Gasteiger partial charge in [-0.05, 0) is 18.2 Å². The third-order valence-corrected chi connectivity index (χ3v) is 3.92. The summed E-state index contributed by atoms with van der Waals surface area (Å²) in [7, 11) is 3.21. The number of hydrogen-bond donors (Lipinski definition) is 1. The lowest BCUT2D eigenvalue weighted by atomic mass is 10.2. The van der Waals surface area contributed by atoms with Crippen molar-refractivity contribution in [3.05, 3.63) is 48.5 Å². The molecule has 0 aliphatic carbocycles. The normalized spacial score (nSPS) is 10.8. The van der Waals surface area contributed by atoms with E-state index in [0.29, 0.717) is 60.3 Å². The van der Waals surface area contributed by atoms with Crippen molar-refractivity contribution in [2.45, 2.75) is 0 Å². The molecule has 3 aromatic rings. The Morgan fingerprint density at radius 2 is 1.57 bits per heavy atom. The first kappa shape index (κ1) is 19.8. The second kappa shape index (κ2) is 9.82. The summed E-state index contributed by atoms with van der Waals surface area (Å²) in [4.78, 5) is 8.55. The monoisotopic (exact) mass is 387 g/mol. The van der Waals surface area contributed by atoms with E-state index in [0.717, 1.165) is 0 Å². The highest BCUT2D eigenvalue weighted by Gasteiger charge is 2.13. The van der Waals surface area contributed by atoms with E-state index < -0.39 is 0 Å². The van der Waals surface area contributed by atoms with Crippen LogP contribution in [0.3, 0.4) is 0 Å². The molecule has 0 saturated heterocycles. The zero-order valence-corrected chi connectivity index (χ0v) is 15.8. The number of nitrogens with zero attached hydrogens (tertiary/aromatic N) is 2. The van der Waals surface area contributed by atoms with Gasteiger partial charge in [0.2, 0.25) is 0 Å². The molecular weight excluding hydrogens is 365 g/mol. The van der Waals surface area contributed by atoms with Gasteiger partial charge in [0.25, 0.3) is 0 Å². The topological polar surface area (TPSA) is 74.7 Å². The number of benzene rings is 2. The summed E-state index contributed by atoms with van der Waals surface area (Å²) in [5, 5.41) is 3.69. The van der Waals surface area contributed by atoms with Crippen LogP contribution in [0.4, 0.5) is 15.9 Å². The Balaban J connectivity index is 1.96. The Hall–Kier alpha value is -2.97. The van der Waals surface area contributed by atoms with Gasteiger partial charge in [-0.3, -0.25) is 0 Å². The van der Waals surface area contributed by atoms with Gasteiger partial charge in [-0.1, -0.05) is 12.1 Å². The molecule has 1 heterocycles. The van der Waals surface area contributed by atoms with Crippen LogP contribution < -0.4 is 14.8 Å². The number of ether oxygens (including phenoxy) is 4. The van der Waals surface area contributed by atoms with Gasteiger partial charge in [-0.2, -0.15) is 0 Å². The van der Waals surface area contributed by atoms with Crippen LogP contribution in [0.1, 0.15) is 0 Å². The minimum absolute atomic E-state index is 0.324. The number of anilines is 2. The fourth-order valence-corrected chi connectivity index (χ4v) is 2.55. The van der Waals surface area contributed by atoms with Crippen LogP contribution in [-0.2, 0) is 9.47 Å². The smallest absolute Gasteiger partial charge is 0.163 e.